The molecule has 1 heterocycles. The van der Waals surface area contributed by atoms with Crippen LogP contribution in [-0.4, -0.2) is 21.6 Å². The minimum Gasteiger partial charge on any atom is -0.508 e. The van der Waals surface area contributed by atoms with E-state index in [0.717, 1.165) is 0 Å². The molecule has 0 spiro atoms. The highest BCUT2D eigenvalue weighted by atomic mass is 19.4. The molecule has 0 saturated heterocycles. The molecule has 0 bridgehead atoms. The molecule has 0 atom stereocenters. The van der Waals surface area contributed by atoms with Gasteiger partial charge in [0.25, 0.3) is 0 Å². The number of benzene rings is 3. The Balaban J connectivity index is 1.86. The zero-order chi connectivity index (χ0) is 22.0. The fourth-order valence-corrected chi connectivity index (χ4v) is 3.16. The van der Waals surface area contributed by atoms with Crippen LogP contribution in [0.1, 0.15) is 0 Å². The summed E-state index contributed by atoms with van der Waals surface area (Å²) in [4.78, 5) is 4.65. The van der Waals surface area contributed by atoms with Crippen LogP contribution in [0.15, 0.2) is 84.9 Å². The van der Waals surface area contributed by atoms with Gasteiger partial charge in [0.1, 0.15) is 17.2 Å². The van der Waals surface area contributed by atoms with Crippen LogP contribution in [0, 0.1) is 0 Å². The topological polar surface area (TPSA) is 62.6 Å². The van der Waals surface area contributed by atoms with Crippen molar-refractivity contribution in [3.8, 4) is 50.9 Å². The van der Waals surface area contributed by atoms with E-state index in [2.05, 4.69) is 9.72 Å². The molecule has 0 fully saturated rings. The van der Waals surface area contributed by atoms with Crippen LogP contribution >= 0.6 is 0 Å². The first-order valence-electron chi connectivity index (χ1n) is 9.24. The van der Waals surface area contributed by atoms with Crippen molar-refractivity contribution in [2.75, 3.05) is 0 Å². The van der Waals surface area contributed by atoms with Crippen LogP contribution in [0.2, 0.25) is 0 Å². The average Bonchev–Trinajstić information content (AvgIpc) is 2.73. The quantitative estimate of drug-likeness (QED) is 0.399. The number of hydrogen-bond acceptors (Lipinski definition) is 4. The number of pyridine rings is 1. The van der Waals surface area contributed by atoms with E-state index in [1.165, 1.54) is 36.4 Å². The van der Waals surface area contributed by atoms with Crippen LogP contribution in [0.3, 0.4) is 0 Å². The lowest BCUT2D eigenvalue weighted by Crippen LogP contribution is -2.17. The van der Waals surface area contributed by atoms with Crippen molar-refractivity contribution in [3.63, 3.8) is 0 Å². The normalized spacial score (nSPS) is 11.3. The molecule has 4 aromatic rings. The lowest BCUT2D eigenvalue weighted by atomic mass is 9.99. The second kappa shape index (κ2) is 8.02. The Labute approximate surface area is 175 Å². The number of hydrogen-bond donors (Lipinski definition) is 2. The number of aromatic hydroxyl groups is 2. The van der Waals surface area contributed by atoms with Crippen molar-refractivity contribution in [3.05, 3.63) is 84.9 Å². The summed E-state index contributed by atoms with van der Waals surface area (Å²) < 4.78 is 42.0. The van der Waals surface area contributed by atoms with Crippen molar-refractivity contribution < 1.29 is 28.1 Å². The fraction of sp³-hybridized carbons (Fsp3) is 0.0417. The van der Waals surface area contributed by atoms with Crippen molar-refractivity contribution in [1.82, 2.24) is 4.98 Å². The van der Waals surface area contributed by atoms with Crippen LogP contribution in [0.4, 0.5) is 13.2 Å². The maximum absolute atomic E-state index is 12.6. The van der Waals surface area contributed by atoms with E-state index < -0.39 is 6.36 Å². The molecule has 156 valence electrons. The predicted octanol–water partition coefficient (Wildman–Crippen LogP) is 6.39. The SMILES string of the molecule is Oc1ccc(-c2cc(-c3cccc(OC(F)(F)F)c3)cc(-c3cccc(O)c3)n2)cc1. The van der Waals surface area contributed by atoms with E-state index >= 15 is 0 Å². The molecule has 4 nitrogen and oxygen atoms in total. The van der Waals surface area contributed by atoms with E-state index in [-0.39, 0.29) is 17.2 Å². The van der Waals surface area contributed by atoms with Crippen LogP contribution in [0.25, 0.3) is 33.6 Å². The van der Waals surface area contributed by atoms with Gasteiger partial charge in [0.05, 0.1) is 11.4 Å². The second-order valence-electron chi connectivity index (χ2n) is 6.80. The number of rotatable bonds is 4. The summed E-state index contributed by atoms with van der Waals surface area (Å²) in [6, 6.07) is 22.1. The summed E-state index contributed by atoms with van der Waals surface area (Å²) in [5, 5.41) is 19.4. The molecule has 0 unspecified atom stereocenters. The minimum atomic E-state index is -4.79. The predicted molar refractivity (Wildman–Crippen MR) is 111 cm³/mol. The summed E-state index contributed by atoms with van der Waals surface area (Å²) in [5.74, 6) is -0.159. The lowest BCUT2D eigenvalue weighted by molar-refractivity contribution is -0.274. The molecule has 0 radical (unpaired) electrons. The number of aromatic nitrogens is 1. The van der Waals surface area contributed by atoms with Gasteiger partial charge in [-0.25, -0.2) is 4.98 Å². The Morgan fingerprint density at radius 2 is 1.26 bits per heavy atom. The molecular weight excluding hydrogens is 407 g/mol. The maximum Gasteiger partial charge on any atom is 0.573 e. The van der Waals surface area contributed by atoms with E-state index in [1.807, 2.05) is 0 Å². The summed E-state index contributed by atoms with van der Waals surface area (Å²) in [6.07, 6.45) is -4.79. The van der Waals surface area contributed by atoms with Gasteiger partial charge in [-0.05, 0) is 71.8 Å². The Bertz CT molecular complexity index is 1220. The molecule has 0 amide bonds. The number of nitrogens with zero attached hydrogens (tertiary/aromatic N) is 1. The van der Waals surface area contributed by atoms with Gasteiger partial charge >= 0.3 is 6.36 Å². The first kappa shape index (κ1) is 20.3. The fourth-order valence-electron chi connectivity index (χ4n) is 3.16. The Hall–Kier alpha value is -4.00. The van der Waals surface area contributed by atoms with Crippen LogP contribution in [0.5, 0.6) is 17.2 Å². The van der Waals surface area contributed by atoms with Crippen LogP contribution < -0.4 is 4.74 Å². The van der Waals surface area contributed by atoms with Gasteiger partial charge in [0.2, 0.25) is 0 Å². The third-order valence-corrected chi connectivity index (χ3v) is 4.53. The van der Waals surface area contributed by atoms with Crippen molar-refractivity contribution in [2.24, 2.45) is 0 Å². The zero-order valence-electron chi connectivity index (χ0n) is 16.0. The second-order valence-corrected chi connectivity index (χ2v) is 6.80. The molecule has 3 aromatic carbocycles. The molecule has 31 heavy (non-hydrogen) atoms. The van der Waals surface area contributed by atoms with Gasteiger partial charge in [-0.3, -0.25) is 0 Å². The van der Waals surface area contributed by atoms with Crippen molar-refractivity contribution in [2.45, 2.75) is 6.36 Å². The highest BCUT2D eigenvalue weighted by molar-refractivity contribution is 5.77. The number of phenols is 2. The first-order valence-corrected chi connectivity index (χ1v) is 9.24. The monoisotopic (exact) mass is 423 g/mol. The number of halogens is 3. The van der Waals surface area contributed by atoms with E-state index in [0.29, 0.717) is 33.6 Å². The Kier molecular flexibility index (Phi) is 5.25. The summed E-state index contributed by atoms with van der Waals surface area (Å²) >= 11 is 0. The molecule has 4 rings (SSSR count). The Morgan fingerprint density at radius 3 is 1.94 bits per heavy atom. The molecule has 1 aromatic heterocycles. The highest BCUT2D eigenvalue weighted by Crippen LogP contribution is 2.34. The lowest BCUT2D eigenvalue weighted by Gasteiger charge is -2.13. The molecule has 0 aliphatic carbocycles. The average molecular weight is 423 g/mol. The maximum atomic E-state index is 12.6. The van der Waals surface area contributed by atoms with Gasteiger partial charge in [0, 0.05) is 11.1 Å². The first-order chi connectivity index (χ1) is 14.8. The summed E-state index contributed by atoms with van der Waals surface area (Å²) in [6.45, 7) is 0. The minimum absolute atomic E-state index is 0.0662. The molecule has 2 N–H and O–H groups in total. The van der Waals surface area contributed by atoms with Crippen molar-refractivity contribution in [1.29, 1.82) is 0 Å². The van der Waals surface area contributed by atoms with Crippen LogP contribution in [-0.2, 0) is 0 Å². The number of alkyl halides is 3. The van der Waals surface area contributed by atoms with E-state index in [9.17, 15) is 23.4 Å². The van der Waals surface area contributed by atoms with Gasteiger partial charge in [-0.2, -0.15) is 0 Å². The largest absolute Gasteiger partial charge is 0.573 e. The molecule has 0 aliphatic rings. The molecular formula is C24H16F3NO3. The third kappa shape index (κ3) is 4.95. The van der Waals surface area contributed by atoms with Gasteiger partial charge < -0.3 is 14.9 Å². The highest BCUT2D eigenvalue weighted by Gasteiger charge is 2.31. The van der Waals surface area contributed by atoms with Gasteiger partial charge in [-0.15, -0.1) is 13.2 Å². The summed E-state index contributed by atoms with van der Waals surface area (Å²) in [5.41, 5.74) is 3.56. The van der Waals surface area contributed by atoms with Crippen molar-refractivity contribution >= 4 is 0 Å². The van der Waals surface area contributed by atoms with Gasteiger partial charge in [-0.1, -0.05) is 24.3 Å². The number of phenolic OH excluding ortho intramolecular Hbond substituents is 2. The zero-order valence-corrected chi connectivity index (χ0v) is 16.0. The van der Waals surface area contributed by atoms with E-state index in [1.54, 1.807) is 48.5 Å². The standard InChI is InChI=1S/C24H16F3NO3/c25-24(26,27)31-21-6-2-3-16(12-21)18-13-22(15-7-9-19(29)10-8-15)28-23(14-18)17-4-1-5-20(30)11-17/h1-14,29-30H. The number of ether oxygens (including phenoxy) is 1. The molecule has 7 heteroatoms. The smallest absolute Gasteiger partial charge is 0.508 e. The van der Waals surface area contributed by atoms with E-state index in [4.69, 9.17) is 0 Å². The third-order valence-electron chi connectivity index (χ3n) is 4.53. The molecule has 0 saturated carbocycles. The summed E-state index contributed by atoms with van der Waals surface area (Å²) in [7, 11) is 0. The Morgan fingerprint density at radius 1 is 0.613 bits per heavy atom. The van der Waals surface area contributed by atoms with Gasteiger partial charge in [0.15, 0.2) is 0 Å². The molecule has 0 aliphatic heterocycles.